The molecule has 1 saturated heterocycles. The smallest absolute Gasteiger partial charge is 0.410 e. The van der Waals surface area contributed by atoms with Gasteiger partial charge in [-0.1, -0.05) is 20.8 Å². The van der Waals surface area contributed by atoms with E-state index in [-0.39, 0.29) is 23.8 Å². The number of aliphatic hydroxyl groups excluding tert-OH is 1. The van der Waals surface area contributed by atoms with Crippen LogP contribution in [0.1, 0.15) is 54.9 Å². The predicted octanol–water partition coefficient (Wildman–Crippen LogP) is 3.77. The normalized spacial score (nSPS) is 26.5. The first-order chi connectivity index (χ1) is 10.1. The molecule has 1 aliphatic rings. The summed E-state index contributed by atoms with van der Waals surface area (Å²) in [4.78, 5) is 14.1. The molecule has 1 rings (SSSR count). The van der Waals surface area contributed by atoms with Crippen LogP contribution in [0.3, 0.4) is 0 Å². The van der Waals surface area contributed by atoms with Crippen LogP contribution in [0.25, 0.3) is 0 Å². The molecule has 5 nitrogen and oxygen atoms in total. The highest BCUT2D eigenvalue weighted by molar-refractivity contribution is 6.74. The average Bonchev–Trinajstić information content (AvgIpc) is 2.63. The first-order valence-electron chi connectivity index (χ1n) is 8.43. The number of aliphatic hydroxyl groups is 1. The zero-order valence-corrected chi connectivity index (χ0v) is 17.3. The Morgan fingerprint density at radius 3 is 2.17 bits per heavy atom. The SMILES string of the molecule is CC(C)(C)OC(=O)N1CC[C@H](O[Si](C)(C)C(C)(C)C)[C@@]1(C)CO. The van der Waals surface area contributed by atoms with Gasteiger partial charge in [0, 0.05) is 6.54 Å². The minimum atomic E-state index is -1.98. The molecule has 136 valence electrons. The Labute approximate surface area is 142 Å². The van der Waals surface area contributed by atoms with Crippen molar-refractivity contribution in [1.29, 1.82) is 0 Å². The third-order valence-electron chi connectivity index (χ3n) is 5.10. The predicted molar refractivity (Wildman–Crippen MR) is 95.1 cm³/mol. The van der Waals surface area contributed by atoms with Gasteiger partial charge < -0.3 is 14.3 Å². The first kappa shape index (κ1) is 20.5. The second kappa shape index (κ2) is 6.37. The average molecular weight is 346 g/mol. The van der Waals surface area contributed by atoms with Gasteiger partial charge in [0.2, 0.25) is 0 Å². The number of hydrogen-bond acceptors (Lipinski definition) is 4. The zero-order chi connectivity index (χ0) is 18.3. The van der Waals surface area contributed by atoms with Gasteiger partial charge in [0.05, 0.1) is 18.2 Å². The second-order valence-corrected chi connectivity index (χ2v) is 14.1. The highest BCUT2D eigenvalue weighted by Crippen LogP contribution is 2.42. The molecular weight excluding hydrogens is 310 g/mol. The topological polar surface area (TPSA) is 59.0 Å². The Morgan fingerprint density at radius 2 is 1.78 bits per heavy atom. The number of amides is 1. The van der Waals surface area contributed by atoms with E-state index in [1.807, 2.05) is 27.7 Å². The van der Waals surface area contributed by atoms with Gasteiger partial charge >= 0.3 is 6.09 Å². The molecule has 0 bridgehead atoms. The fraction of sp³-hybridized carbons (Fsp3) is 0.941. The first-order valence-corrected chi connectivity index (χ1v) is 11.3. The molecule has 0 radical (unpaired) electrons. The number of rotatable bonds is 3. The number of hydrogen-bond donors (Lipinski definition) is 1. The standard InChI is InChI=1S/C17H35NO4Si/c1-15(2,3)21-14(20)18-11-10-13(17(18,7)12-19)22-23(8,9)16(4,5)6/h13,19H,10-12H2,1-9H3/t13-,17+/m0/s1. The molecule has 2 atom stereocenters. The van der Waals surface area contributed by atoms with Crippen LogP contribution in [0, 0.1) is 0 Å². The van der Waals surface area contributed by atoms with Crippen molar-refractivity contribution in [3.05, 3.63) is 0 Å². The van der Waals surface area contributed by atoms with E-state index in [0.717, 1.165) is 6.42 Å². The molecule has 23 heavy (non-hydrogen) atoms. The van der Waals surface area contributed by atoms with Crippen LogP contribution in [0.2, 0.25) is 18.1 Å². The number of carbonyl (C=O) groups is 1. The van der Waals surface area contributed by atoms with E-state index in [4.69, 9.17) is 9.16 Å². The summed E-state index contributed by atoms with van der Waals surface area (Å²) in [5, 5.41) is 10.1. The summed E-state index contributed by atoms with van der Waals surface area (Å²) in [5.41, 5.74) is -1.29. The maximum atomic E-state index is 12.5. The van der Waals surface area contributed by atoms with E-state index in [1.54, 1.807) is 4.90 Å². The van der Waals surface area contributed by atoms with Gasteiger partial charge in [-0.2, -0.15) is 0 Å². The fourth-order valence-electron chi connectivity index (χ4n) is 2.51. The van der Waals surface area contributed by atoms with Crippen LogP contribution in [-0.2, 0) is 9.16 Å². The monoisotopic (exact) mass is 345 g/mol. The summed E-state index contributed by atoms with van der Waals surface area (Å²) in [7, 11) is -1.98. The molecule has 1 fully saturated rings. The summed E-state index contributed by atoms with van der Waals surface area (Å²) < 4.78 is 12.0. The van der Waals surface area contributed by atoms with Crippen molar-refractivity contribution in [2.75, 3.05) is 13.2 Å². The summed E-state index contributed by atoms with van der Waals surface area (Å²) in [6.45, 7) is 18.8. The van der Waals surface area contributed by atoms with E-state index in [2.05, 4.69) is 33.9 Å². The third-order valence-corrected chi connectivity index (χ3v) is 9.59. The lowest BCUT2D eigenvalue weighted by molar-refractivity contribution is -0.0243. The number of carbonyl (C=O) groups excluding carboxylic acids is 1. The molecule has 0 aromatic carbocycles. The maximum absolute atomic E-state index is 12.5. The van der Waals surface area contributed by atoms with E-state index in [1.165, 1.54) is 0 Å². The summed E-state index contributed by atoms with van der Waals surface area (Å²) >= 11 is 0. The highest BCUT2D eigenvalue weighted by atomic mass is 28.4. The molecule has 0 saturated carbocycles. The number of ether oxygens (including phenoxy) is 1. The van der Waals surface area contributed by atoms with E-state index in [9.17, 15) is 9.90 Å². The van der Waals surface area contributed by atoms with Crippen molar-refractivity contribution in [1.82, 2.24) is 4.90 Å². The number of likely N-dealkylation sites (tertiary alicyclic amines) is 1. The zero-order valence-electron chi connectivity index (χ0n) is 16.3. The van der Waals surface area contributed by atoms with Crippen LogP contribution in [-0.4, -0.2) is 54.8 Å². The van der Waals surface area contributed by atoms with Gasteiger partial charge in [-0.15, -0.1) is 0 Å². The fourth-order valence-corrected chi connectivity index (χ4v) is 3.95. The van der Waals surface area contributed by atoms with Gasteiger partial charge in [-0.3, -0.25) is 4.90 Å². The summed E-state index contributed by atoms with van der Waals surface area (Å²) in [5.74, 6) is 0. The molecular formula is C17H35NO4Si. The molecule has 1 N–H and O–H groups in total. The summed E-state index contributed by atoms with van der Waals surface area (Å²) in [6, 6.07) is 0. The van der Waals surface area contributed by atoms with Crippen molar-refractivity contribution < 1.29 is 19.1 Å². The Kier molecular flexibility index (Phi) is 5.67. The molecule has 1 heterocycles. The Balaban J connectivity index is 2.96. The summed E-state index contributed by atoms with van der Waals surface area (Å²) in [6.07, 6.45) is 0.180. The van der Waals surface area contributed by atoms with Gasteiger partial charge in [0.15, 0.2) is 8.32 Å². The van der Waals surface area contributed by atoms with Crippen molar-refractivity contribution in [2.45, 2.75) is 90.3 Å². The molecule has 0 aromatic heterocycles. The van der Waals surface area contributed by atoms with Crippen LogP contribution < -0.4 is 0 Å². The van der Waals surface area contributed by atoms with Crippen LogP contribution in [0.5, 0.6) is 0 Å². The molecule has 0 spiro atoms. The minimum Gasteiger partial charge on any atom is -0.444 e. The van der Waals surface area contributed by atoms with Crippen molar-refractivity contribution in [3.8, 4) is 0 Å². The molecule has 6 heteroatoms. The molecule has 1 aliphatic heterocycles. The molecule has 0 aliphatic carbocycles. The lowest BCUT2D eigenvalue weighted by Crippen LogP contribution is -2.58. The van der Waals surface area contributed by atoms with Crippen molar-refractivity contribution >= 4 is 14.4 Å². The largest absolute Gasteiger partial charge is 0.444 e. The van der Waals surface area contributed by atoms with Gasteiger partial charge in [0.25, 0.3) is 0 Å². The van der Waals surface area contributed by atoms with E-state index in [0.29, 0.717) is 6.54 Å². The number of nitrogens with zero attached hydrogens (tertiary/aromatic N) is 1. The van der Waals surface area contributed by atoms with Crippen LogP contribution in [0.15, 0.2) is 0 Å². The quantitative estimate of drug-likeness (QED) is 0.791. The third kappa shape index (κ3) is 4.48. The maximum Gasteiger partial charge on any atom is 0.410 e. The van der Waals surface area contributed by atoms with Crippen LogP contribution in [0.4, 0.5) is 4.79 Å². The van der Waals surface area contributed by atoms with Crippen molar-refractivity contribution in [3.63, 3.8) is 0 Å². The second-order valence-electron chi connectivity index (χ2n) is 9.30. The van der Waals surface area contributed by atoms with Crippen LogP contribution >= 0.6 is 0 Å². The Hall–Kier alpha value is -0.593. The Morgan fingerprint density at radius 1 is 1.26 bits per heavy atom. The highest BCUT2D eigenvalue weighted by Gasteiger charge is 2.52. The Bertz CT molecular complexity index is 439. The molecule has 0 unspecified atom stereocenters. The lowest BCUT2D eigenvalue weighted by atomic mass is 9.97. The van der Waals surface area contributed by atoms with Gasteiger partial charge in [-0.05, 0) is 52.2 Å². The minimum absolute atomic E-state index is 0.0860. The van der Waals surface area contributed by atoms with Crippen molar-refractivity contribution in [2.24, 2.45) is 0 Å². The molecule has 0 aromatic rings. The van der Waals surface area contributed by atoms with Gasteiger partial charge in [-0.25, -0.2) is 4.79 Å². The van der Waals surface area contributed by atoms with E-state index < -0.39 is 19.5 Å². The van der Waals surface area contributed by atoms with E-state index >= 15 is 0 Å². The molecule has 1 amide bonds. The van der Waals surface area contributed by atoms with Gasteiger partial charge in [0.1, 0.15) is 5.60 Å². The lowest BCUT2D eigenvalue weighted by Gasteiger charge is -2.44.